The van der Waals surface area contributed by atoms with E-state index in [0.717, 1.165) is 11.3 Å². The highest BCUT2D eigenvalue weighted by molar-refractivity contribution is 5.81. The van der Waals surface area contributed by atoms with Crippen LogP contribution in [0.1, 0.15) is 51.6 Å². The van der Waals surface area contributed by atoms with Gasteiger partial charge in [0.15, 0.2) is 0 Å². The highest BCUT2D eigenvalue weighted by atomic mass is 16.5. The maximum absolute atomic E-state index is 12.3. The number of amides is 1. The molecule has 2 rings (SSSR count). The molecule has 0 radical (unpaired) electrons. The van der Waals surface area contributed by atoms with E-state index in [2.05, 4.69) is 5.32 Å². The van der Waals surface area contributed by atoms with E-state index in [1.54, 1.807) is 0 Å². The second-order valence-electron chi connectivity index (χ2n) is 6.51. The van der Waals surface area contributed by atoms with Gasteiger partial charge in [0, 0.05) is 5.92 Å². The first-order valence-electron chi connectivity index (χ1n) is 8.16. The van der Waals surface area contributed by atoms with Crippen LogP contribution in [0, 0.1) is 11.8 Å². The molecule has 1 amide bonds. The number of carboxylic acid groups (broad SMARTS) is 1. The van der Waals surface area contributed by atoms with Gasteiger partial charge in [-0.2, -0.15) is 0 Å². The first kappa shape index (κ1) is 17.3. The number of rotatable bonds is 6. The predicted molar refractivity (Wildman–Crippen MR) is 87.2 cm³/mol. The van der Waals surface area contributed by atoms with Gasteiger partial charge in [-0.25, -0.2) is 0 Å². The first-order chi connectivity index (χ1) is 10.9. The summed E-state index contributed by atoms with van der Waals surface area (Å²) in [6, 6.07) is 7.57. The fourth-order valence-electron chi connectivity index (χ4n) is 2.97. The van der Waals surface area contributed by atoms with Crippen LogP contribution in [-0.2, 0) is 9.59 Å². The van der Waals surface area contributed by atoms with Crippen LogP contribution < -0.4 is 10.1 Å². The molecule has 5 nitrogen and oxygen atoms in total. The Morgan fingerprint density at radius 2 is 1.74 bits per heavy atom. The summed E-state index contributed by atoms with van der Waals surface area (Å²) in [6.45, 7) is 5.88. The van der Waals surface area contributed by atoms with Gasteiger partial charge in [-0.05, 0) is 57.7 Å². The average molecular weight is 319 g/mol. The Bertz CT molecular complexity index is 553. The van der Waals surface area contributed by atoms with E-state index in [9.17, 15) is 9.59 Å². The Balaban J connectivity index is 1.90. The zero-order valence-corrected chi connectivity index (χ0v) is 13.9. The fourth-order valence-corrected chi connectivity index (χ4v) is 2.97. The van der Waals surface area contributed by atoms with Crippen LogP contribution in [0.25, 0.3) is 0 Å². The van der Waals surface area contributed by atoms with Crippen molar-refractivity contribution in [2.75, 3.05) is 0 Å². The minimum atomic E-state index is -0.797. The van der Waals surface area contributed by atoms with Crippen LogP contribution >= 0.6 is 0 Å². The lowest BCUT2D eigenvalue weighted by Gasteiger charge is -2.18. The number of nitrogens with one attached hydrogen (secondary N) is 1. The van der Waals surface area contributed by atoms with Gasteiger partial charge < -0.3 is 15.2 Å². The van der Waals surface area contributed by atoms with E-state index in [1.165, 1.54) is 0 Å². The van der Waals surface area contributed by atoms with Gasteiger partial charge in [0.05, 0.1) is 18.1 Å². The molecule has 1 aromatic rings. The van der Waals surface area contributed by atoms with E-state index in [1.807, 2.05) is 45.0 Å². The molecule has 0 spiro atoms. The second-order valence-corrected chi connectivity index (χ2v) is 6.51. The molecule has 126 valence electrons. The molecule has 5 heteroatoms. The first-order valence-corrected chi connectivity index (χ1v) is 8.16. The highest BCUT2D eigenvalue weighted by Gasteiger charge is 2.34. The molecule has 1 aromatic carbocycles. The molecule has 0 saturated heterocycles. The Morgan fingerprint density at radius 3 is 2.26 bits per heavy atom. The van der Waals surface area contributed by atoms with Crippen LogP contribution in [-0.4, -0.2) is 23.1 Å². The van der Waals surface area contributed by atoms with Crippen LogP contribution in [0.2, 0.25) is 0 Å². The summed E-state index contributed by atoms with van der Waals surface area (Å²) in [5.74, 6) is -0.615. The molecule has 1 aliphatic carbocycles. The van der Waals surface area contributed by atoms with E-state index in [-0.39, 0.29) is 29.9 Å². The maximum Gasteiger partial charge on any atom is 0.306 e. The second kappa shape index (κ2) is 7.49. The molecule has 0 aliphatic heterocycles. The van der Waals surface area contributed by atoms with Crippen LogP contribution in [0.4, 0.5) is 0 Å². The summed E-state index contributed by atoms with van der Waals surface area (Å²) >= 11 is 0. The van der Waals surface area contributed by atoms with Gasteiger partial charge in [-0.1, -0.05) is 12.1 Å². The molecule has 0 bridgehead atoms. The largest absolute Gasteiger partial charge is 0.491 e. The Labute approximate surface area is 137 Å². The van der Waals surface area contributed by atoms with Gasteiger partial charge in [-0.3, -0.25) is 9.59 Å². The topological polar surface area (TPSA) is 75.6 Å². The van der Waals surface area contributed by atoms with Crippen molar-refractivity contribution >= 4 is 11.9 Å². The molecular weight excluding hydrogens is 294 g/mol. The Morgan fingerprint density at radius 1 is 1.13 bits per heavy atom. The number of carboxylic acids is 1. The third-order valence-electron chi connectivity index (χ3n) is 4.26. The lowest BCUT2D eigenvalue weighted by molar-refractivity contribution is -0.141. The number of hydrogen-bond acceptors (Lipinski definition) is 3. The van der Waals surface area contributed by atoms with E-state index in [4.69, 9.17) is 9.84 Å². The lowest BCUT2D eigenvalue weighted by Crippen LogP contribution is -2.32. The monoisotopic (exact) mass is 319 g/mol. The molecule has 0 aromatic heterocycles. The van der Waals surface area contributed by atoms with E-state index >= 15 is 0 Å². The fraction of sp³-hybridized carbons (Fsp3) is 0.556. The van der Waals surface area contributed by atoms with Crippen molar-refractivity contribution < 1.29 is 19.4 Å². The molecule has 1 saturated carbocycles. The van der Waals surface area contributed by atoms with Gasteiger partial charge >= 0.3 is 5.97 Å². The van der Waals surface area contributed by atoms with Crippen molar-refractivity contribution in [1.82, 2.24) is 5.32 Å². The minimum absolute atomic E-state index is 0.0521. The smallest absolute Gasteiger partial charge is 0.306 e. The molecule has 3 atom stereocenters. The molecular formula is C18H25NO4. The van der Waals surface area contributed by atoms with Crippen LogP contribution in [0.3, 0.4) is 0 Å². The number of carbonyl (C=O) groups is 2. The Hall–Kier alpha value is -2.04. The lowest BCUT2D eigenvalue weighted by atomic mass is 10.0. The minimum Gasteiger partial charge on any atom is -0.491 e. The standard InChI is InChI=1S/C18H25NO4/c1-11(2)23-16-8-6-13(7-9-16)12(3)19-17(20)14-4-5-15(10-14)18(21)22/h6-9,11-12,14-15H,4-5,10H2,1-3H3,(H,19,20)(H,21,22)/t12?,14-,15+/m1/s1. The third kappa shape index (κ3) is 4.71. The highest BCUT2D eigenvalue weighted by Crippen LogP contribution is 2.31. The van der Waals surface area contributed by atoms with E-state index in [0.29, 0.717) is 19.3 Å². The van der Waals surface area contributed by atoms with Crippen molar-refractivity contribution in [1.29, 1.82) is 0 Å². The van der Waals surface area contributed by atoms with Crippen molar-refractivity contribution in [2.45, 2.75) is 52.2 Å². The quantitative estimate of drug-likeness (QED) is 0.844. The summed E-state index contributed by atoms with van der Waals surface area (Å²) in [6.07, 6.45) is 1.80. The third-order valence-corrected chi connectivity index (χ3v) is 4.26. The van der Waals surface area contributed by atoms with Crippen LogP contribution in [0.5, 0.6) is 5.75 Å². The molecule has 1 fully saturated rings. The maximum atomic E-state index is 12.3. The van der Waals surface area contributed by atoms with Crippen molar-refractivity contribution in [3.63, 3.8) is 0 Å². The van der Waals surface area contributed by atoms with Gasteiger partial charge in [0.2, 0.25) is 5.91 Å². The predicted octanol–water partition coefficient (Wildman–Crippen LogP) is 3.15. The van der Waals surface area contributed by atoms with Gasteiger partial charge in [-0.15, -0.1) is 0 Å². The van der Waals surface area contributed by atoms with Crippen molar-refractivity contribution in [2.24, 2.45) is 11.8 Å². The zero-order valence-electron chi connectivity index (χ0n) is 13.9. The van der Waals surface area contributed by atoms with Gasteiger partial charge in [0.25, 0.3) is 0 Å². The summed E-state index contributed by atoms with van der Waals surface area (Å²) in [7, 11) is 0. The number of hydrogen-bond donors (Lipinski definition) is 2. The summed E-state index contributed by atoms with van der Waals surface area (Å²) in [4.78, 5) is 23.3. The summed E-state index contributed by atoms with van der Waals surface area (Å²) in [5.41, 5.74) is 1.00. The molecule has 2 N–H and O–H groups in total. The van der Waals surface area contributed by atoms with E-state index < -0.39 is 5.97 Å². The number of ether oxygens (including phenoxy) is 1. The normalized spacial score (nSPS) is 21.9. The Kier molecular flexibility index (Phi) is 5.64. The zero-order chi connectivity index (χ0) is 17.0. The molecule has 0 heterocycles. The SMILES string of the molecule is CC(C)Oc1ccc(C(C)NC(=O)[C@@H]2CC[C@H](C(=O)O)C2)cc1. The molecule has 23 heavy (non-hydrogen) atoms. The van der Waals surface area contributed by atoms with Crippen molar-refractivity contribution in [3.8, 4) is 5.75 Å². The number of carbonyl (C=O) groups excluding carboxylic acids is 1. The molecule has 1 unspecified atom stereocenters. The molecule has 1 aliphatic rings. The number of benzene rings is 1. The number of aliphatic carboxylic acids is 1. The summed E-state index contributed by atoms with van der Waals surface area (Å²) < 4.78 is 5.60. The average Bonchev–Trinajstić information content (AvgIpc) is 2.97. The summed E-state index contributed by atoms with van der Waals surface area (Å²) in [5, 5.41) is 12.0. The van der Waals surface area contributed by atoms with Crippen molar-refractivity contribution in [3.05, 3.63) is 29.8 Å². The van der Waals surface area contributed by atoms with Crippen LogP contribution in [0.15, 0.2) is 24.3 Å². The van der Waals surface area contributed by atoms with Gasteiger partial charge in [0.1, 0.15) is 5.75 Å².